The minimum Gasteiger partial charge on any atom is -0.548 e. The van der Waals surface area contributed by atoms with E-state index in [-0.39, 0.29) is 0 Å². The molecule has 118 valence electrons. The summed E-state index contributed by atoms with van der Waals surface area (Å²) in [5.74, 6) is -3.34. The number of amides is 1. The van der Waals surface area contributed by atoms with E-state index in [0.717, 1.165) is 0 Å². The zero-order valence-electron chi connectivity index (χ0n) is 11.1. The molecule has 9 nitrogen and oxygen atoms in total. The number of aliphatic carboxylic acids is 1. The van der Waals surface area contributed by atoms with Crippen molar-refractivity contribution >= 4 is 11.9 Å². The Balaban J connectivity index is 4.72. The number of carboxylic acids is 1. The van der Waals surface area contributed by atoms with Crippen LogP contribution in [-0.2, 0) is 9.59 Å². The molecule has 0 rings (SSSR count). The van der Waals surface area contributed by atoms with Gasteiger partial charge in [-0.1, -0.05) is 13.8 Å². The minimum absolute atomic E-state index is 0.527. The first-order chi connectivity index (χ1) is 9.13. The Hall–Kier alpha value is -1.26. The van der Waals surface area contributed by atoms with Gasteiger partial charge in [-0.25, -0.2) is 0 Å². The van der Waals surface area contributed by atoms with Crippen molar-refractivity contribution in [2.45, 2.75) is 44.3 Å². The molecule has 0 aromatic rings. The second-order valence-corrected chi connectivity index (χ2v) is 4.73. The van der Waals surface area contributed by atoms with Crippen molar-refractivity contribution < 1.29 is 40.2 Å². The molecule has 0 saturated carbocycles. The number of rotatable bonds is 8. The average molecular weight is 294 g/mol. The first-order valence-electron chi connectivity index (χ1n) is 5.97. The van der Waals surface area contributed by atoms with E-state index in [1.54, 1.807) is 0 Å². The molecule has 5 atom stereocenters. The second-order valence-electron chi connectivity index (χ2n) is 4.73. The summed E-state index contributed by atoms with van der Waals surface area (Å²) < 4.78 is 0. The molecule has 6 N–H and O–H groups in total. The van der Waals surface area contributed by atoms with Crippen LogP contribution < -0.4 is 10.4 Å². The van der Waals surface area contributed by atoms with Gasteiger partial charge >= 0.3 is 0 Å². The standard InChI is InChI=1S/C11H21NO8/c1-4(2)6(11(19)20)12-10(18)9(17)8(16)7(15)5(14)3-13/h4-9,13-17H,3H2,1-2H3,(H,12,18)(H,19,20)/p-1/t5-,6+,7-,8+,9-/m1/s1. The smallest absolute Gasteiger partial charge is 0.252 e. The van der Waals surface area contributed by atoms with Crippen LogP contribution >= 0.6 is 0 Å². The van der Waals surface area contributed by atoms with Crippen LogP contribution in [0.5, 0.6) is 0 Å². The Morgan fingerprint density at radius 2 is 1.60 bits per heavy atom. The van der Waals surface area contributed by atoms with E-state index >= 15 is 0 Å². The van der Waals surface area contributed by atoms with E-state index in [1.165, 1.54) is 13.8 Å². The molecule has 0 unspecified atom stereocenters. The predicted octanol–water partition coefficient (Wildman–Crippen LogP) is -4.69. The molecular weight excluding hydrogens is 274 g/mol. The largest absolute Gasteiger partial charge is 0.548 e. The van der Waals surface area contributed by atoms with Crippen molar-refractivity contribution in [3.8, 4) is 0 Å². The van der Waals surface area contributed by atoms with Gasteiger partial charge in [0.2, 0.25) is 0 Å². The van der Waals surface area contributed by atoms with Gasteiger partial charge < -0.3 is 40.8 Å². The molecular formula is C11H20NO8-. The minimum atomic E-state index is -2.17. The van der Waals surface area contributed by atoms with Crippen molar-refractivity contribution in [1.82, 2.24) is 5.32 Å². The van der Waals surface area contributed by atoms with Crippen molar-refractivity contribution in [3.63, 3.8) is 0 Å². The molecule has 0 saturated heterocycles. The van der Waals surface area contributed by atoms with Crippen molar-refractivity contribution in [2.75, 3.05) is 6.61 Å². The third-order valence-corrected chi connectivity index (χ3v) is 2.74. The molecule has 1 amide bonds. The van der Waals surface area contributed by atoms with E-state index in [9.17, 15) is 30.0 Å². The number of aliphatic hydroxyl groups is 5. The fourth-order valence-corrected chi connectivity index (χ4v) is 1.41. The van der Waals surface area contributed by atoms with E-state index in [1.807, 2.05) is 5.32 Å². The number of carboxylic acid groups (broad SMARTS) is 1. The number of hydrogen-bond donors (Lipinski definition) is 6. The maximum absolute atomic E-state index is 11.6. The van der Waals surface area contributed by atoms with Crippen LogP contribution in [0, 0.1) is 5.92 Å². The summed E-state index contributed by atoms with van der Waals surface area (Å²) in [6.07, 6.45) is -7.99. The maximum Gasteiger partial charge on any atom is 0.252 e. The Morgan fingerprint density at radius 3 is 1.95 bits per heavy atom. The molecule has 0 radical (unpaired) electrons. The highest BCUT2D eigenvalue weighted by Gasteiger charge is 2.35. The van der Waals surface area contributed by atoms with Crippen LogP contribution in [0.1, 0.15) is 13.8 Å². The van der Waals surface area contributed by atoms with E-state index in [0.29, 0.717) is 0 Å². The first-order valence-corrected chi connectivity index (χ1v) is 5.97. The van der Waals surface area contributed by atoms with Crippen LogP contribution in [0.3, 0.4) is 0 Å². The van der Waals surface area contributed by atoms with Gasteiger partial charge in [-0.15, -0.1) is 0 Å². The molecule has 0 aliphatic heterocycles. The summed E-state index contributed by atoms with van der Waals surface area (Å²) in [5.41, 5.74) is 0. The van der Waals surface area contributed by atoms with Crippen LogP contribution in [0.25, 0.3) is 0 Å². The number of hydrogen-bond acceptors (Lipinski definition) is 8. The van der Waals surface area contributed by atoms with Gasteiger partial charge in [-0.3, -0.25) is 4.79 Å². The van der Waals surface area contributed by atoms with Gasteiger partial charge in [-0.2, -0.15) is 0 Å². The lowest BCUT2D eigenvalue weighted by Crippen LogP contribution is -2.57. The fourth-order valence-electron chi connectivity index (χ4n) is 1.41. The van der Waals surface area contributed by atoms with Gasteiger partial charge in [0.25, 0.3) is 5.91 Å². The Bertz CT molecular complexity index is 334. The molecule has 0 bridgehead atoms. The van der Waals surface area contributed by atoms with Crippen LogP contribution in [-0.4, -0.2) is 74.5 Å². The molecule has 0 spiro atoms. The van der Waals surface area contributed by atoms with Crippen LogP contribution in [0.4, 0.5) is 0 Å². The highest BCUT2D eigenvalue weighted by atomic mass is 16.4. The van der Waals surface area contributed by atoms with E-state index < -0.39 is 54.9 Å². The van der Waals surface area contributed by atoms with Crippen LogP contribution in [0.15, 0.2) is 0 Å². The first kappa shape index (κ1) is 18.7. The lowest BCUT2D eigenvalue weighted by molar-refractivity contribution is -0.309. The lowest BCUT2D eigenvalue weighted by Gasteiger charge is -2.28. The molecule has 20 heavy (non-hydrogen) atoms. The zero-order valence-corrected chi connectivity index (χ0v) is 11.1. The van der Waals surface area contributed by atoms with Crippen LogP contribution in [0.2, 0.25) is 0 Å². The third kappa shape index (κ3) is 5.02. The summed E-state index contributed by atoms with van der Waals surface area (Å²) in [6, 6.07) is -1.38. The Kier molecular flexibility index (Phi) is 7.61. The summed E-state index contributed by atoms with van der Waals surface area (Å²) in [4.78, 5) is 22.3. The average Bonchev–Trinajstić information content (AvgIpc) is 2.39. The number of aliphatic hydroxyl groups excluding tert-OH is 5. The van der Waals surface area contributed by atoms with Crippen molar-refractivity contribution in [1.29, 1.82) is 0 Å². The number of nitrogens with one attached hydrogen (secondary N) is 1. The lowest BCUT2D eigenvalue weighted by atomic mass is 10.0. The molecule has 9 heteroatoms. The molecule has 0 fully saturated rings. The zero-order chi connectivity index (χ0) is 16.0. The summed E-state index contributed by atoms with van der Waals surface area (Å²) >= 11 is 0. The molecule has 0 aliphatic carbocycles. The summed E-state index contributed by atoms with van der Waals surface area (Å²) in [5, 5.41) is 58.6. The quantitative estimate of drug-likeness (QED) is 0.259. The monoisotopic (exact) mass is 294 g/mol. The molecule has 0 heterocycles. The van der Waals surface area contributed by atoms with Gasteiger partial charge in [0.05, 0.1) is 18.6 Å². The van der Waals surface area contributed by atoms with Gasteiger partial charge in [0.15, 0.2) is 6.10 Å². The van der Waals surface area contributed by atoms with Gasteiger partial charge in [0, 0.05) is 0 Å². The SMILES string of the molecule is CC(C)[C@H](NC(=O)[C@H](O)[C@@H](O)[C@H](O)[C@H](O)CO)C(=O)[O-]. The topological polar surface area (TPSA) is 170 Å². The van der Waals surface area contributed by atoms with Gasteiger partial charge in [0.1, 0.15) is 18.3 Å². The summed E-state index contributed by atoms with van der Waals surface area (Å²) in [6.45, 7) is 2.10. The highest BCUT2D eigenvalue weighted by molar-refractivity contribution is 5.86. The highest BCUT2D eigenvalue weighted by Crippen LogP contribution is 2.07. The fraction of sp³-hybridized carbons (Fsp3) is 0.818. The summed E-state index contributed by atoms with van der Waals surface area (Å²) in [7, 11) is 0. The molecule has 0 aromatic heterocycles. The molecule has 0 aromatic carbocycles. The third-order valence-electron chi connectivity index (χ3n) is 2.74. The second kappa shape index (κ2) is 8.12. The Labute approximate surface area is 115 Å². The number of carbonyl (C=O) groups is 2. The predicted molar refractivity (Wildman–Crippen MR) is 62.9 cm³/mol. The Morgan fingerprint density at radius 1 is 1.10 bits per heavy atom. The van der Waals surface area contributed by atoms with E-state index in [2.05, 4.69) is 0 Å². The van der Waals surface area contributed by atoms with Crippen molar-refractivity contribution in [2.24, 2.45) is 5.92 Å². The normalized spacial score (nSPS) is 19.0. The molecule has 0 aliphatic rings. The van der Waals surface area contributed by atoms with Crippen molar-refractivity contribution in [3.05, 3.63) is 0 Å². The van der Waals surface area contributed by atoms with Gasteiger partial charge in [-0.05, 0) is 5.92 Å². The maximum atomic E-state index is 11.6. The number of carbonyl (C=O) groups excluding carboxylic acids is 2. The van der Waals surface area contributed by atoms with E-state index in [4.69, 9.17) is 10.2 Å².